The largest absolute Gasteiger partial charge is 0.444 e. The van der Waals surface area contributed by atoms with Crippen molar-refractivity contribution in [2.45, 2.75) is 91.2 Å². The smallest absolute Gasteiger partial charge is 0.416 e. The Balaban J connectivity index is 1.76. The SMILES string of the molecule is COCO[C@@H]1CN(C(=O)OC(C)(C)C)C[C@@H]1Nc1cc(N(Cc2ccccc2)C(=O)OC(C)(C)C)n2ncc(C(C)C)c2n1. The Morgan fingerprint density at radius 2 is 1.73 bits per heavy atom. The van der Waals surface area contributed by atoms with Gasteiger partial charge in [-0.25, -0.2) is 14.6 Å². The number of anilines is 2. The molecular weight excluding hydrogens is 564 g/mol. The number of methoxy groups -OCH3 is 1. The predicted octanol–water partition coefficient (Wildman–Crippen LogP) is 5.81. The molecule has 4 rings (SSSR count). The van der Waals surface area contributed by atoms with Crippen LogP contribution in [0.2, 0.25) is 0 Å². The van der Waals surface area contributed by atoms with E-state index >= 15 is 0 Å². The van der Waals surface area contributed by atoms with Crippen molar-refractivity contribution in [3.63, 3.8) is 0 Å². The molecule has 1 N–H and O–H groups in total. The molecule has 2 atom stereocenters. The van der Waals surface area contributed by atoms with Crippen LogP contribution in [0.25, 0.3) is 5.65 Å². The summed E-state index contributed by atoms with van der Waals surface area (Å²) in [7, 11) is 1.55. The van der Waals surface area contributed by atoms with Gasteiger partial charge in [0.15, 0.2) is 5.65 Å². The first-order valence-corrected chi connectivity index (χ1v) is 14.9. The van der Waals surface area contributed by atoms with Crippen LogP contribution in [0.4, 0.5) is 21.2 Å². The van der Waals surface area contributed by atoms with Gasteiger partial charge >= 0.3 is 12.2 Å². The Labute approximate surface area is 259 Å². The summed E-state index contributed by atoms with van der Waals surface area (Å²) in [6.45, 7) is 16.1. The summed E-state index contributed by atoms with van der Waals surface area (Å²) in [6, 6.07) is 11.1. The van der Waals surface area contributed by atoms with Gasteiger partial charge < -0.3 is 29.2 Å². The van der Waals surface area contributed by atoms with Crippen LogP contribution in [0.15, 0.2) is 42.6 Å². The van der Waals surface area contributed by atoms with Crippen molar-refractivity contribution in [1.29, 1.82) is 0 Å². The zero-order valence-corrected chi connectivity index (χ0v) is 27.3. The summed E-state index contributed by atoms with van der Waals surface area (Å²) in [6.07, 6.45) is 0.443. The second-order valence-electron chi connectivity index (χ2n) is 13.3. The van der Waals surface area contributed by atoms with Crippen LogP contribution >= 0.6 is 0 Å². The van der Waals surface area contributed by atoms with E-state index in [-0.39, 0.29) is 25.3 Å². The lowest BCUT2D eigenvalue weighted by Crippen LogP contribution is -2.38. The number of hydrogen-bond donors (Lipinski definition) is 1. The van der Waals surface area contributed by atoms with Crippen LogP contribution in [0.5, 0.6) is 0 Å². The van der Waals surface area contributed by atoms with E-state index in [1.165, 1.54) is 0 Å². The van der Waals surface area contributed by atoms with E-state index in [9.17, 15) is 9.59 Å². The van der Waals surface area contributed by atoms with E-state index in [4.69, 9.17) is 23.9 Å². The van der Waals surface area contributed by atoms with Crippen molar-refractivity contribution in [2.24, 2.45) is 0 Å². The third kappa shape index (κ3) is 8.38. The molecule has 0 aliphatic carbocycles. The second kappa shape index (κ2) is 13.4. The number of aromatic nitrogens is 3. The summed E-state index contributed by atoms with van der Waals surface area (Å²) >= 11 is 0. The highest BCUT2D eigenvalue weighted by Crippen LogP contribution is 2.30. The first kappa shape index (κ1) is 33.0. The van der Waals surface area contributed by atoms with Crippen LogP contribution < -0.4 is 10.2 Å². The molecule has 0 radical (unpaired) electrons. The Morgan fingerprint density at radius 3 is 2.34 bits per heavy atom. The molecule has 2 aromatic heterocycles. The number of carbonyl (C=O) groups excluding carboxylic acids is 2. The summed E-state index contributed by atoms with van der Waals surface area (Å²) in [5, 5.41) is 8.13. The number of nitrogens with one attached hydrogen (secondary N) is 1. The minimum absolute atomic E-state index is 0.0618. The number of carbonyl (C=O) groups is 2. The van der Waals surface area contributed by atoms with E-state index in [0.717, 1.165) is 11.1 Å². The maximum Gasteiger partial charge on any atom is 0.416 e. The predicted molar refractivity (Wildman–Crippen MR) is 168 cm³/mol. The number of rotatable bonds is 9. The molecular formula is C32H46N6O6. The third-order valence-corrected chi connectivity index (χ3v) is 6.83. The Bertz CT molecular complexity index is 1430. The molecule has 0 spiro atoms. The van der Waals surface area contributed by atoms with E-state index in [2.05, 4.69) is 24.3 Å². The molecule has 240 valence electrons. The zero-order chi connectivity index (χ0) is 32.2. The van der Waals surface area contributed by atoms with Crippen molar-refractivity contribution in [2.75, 3.05) is 37.2 Å². The average molecular weight is 611 g/mol. The van der Waals surface area contributed by atoms with E-state index in [0.29, 0.717) is 30.4 Å². The maximum atomic E-state index is 13.7. The summed E-state index contributed by atoms with van der Waals surface area (Å²) in [5.74, 6) is 1.11. The molecule has 12 nitrogen and oxygen atoms in total. The standard InChI is InChI=1S/C32H46N6O6/c1-21(2)23-16-33-38-27(37(30(40)44-32(6,7)8)17-22-13-11-10-12-14-22)15-26(35-28(23)38)34-24-18-36(19-25(24)42-20-41-9)29(39)43-31(3,4)5/h10-16,21,24-25H,17-20H2,1-9H3,(H,34,35)/t24-,25+/m0/s1. The number of fused-ring (bicyclic) bond motifs is 1. The molecule has 1 fully saturated rings. The number of amides is 2. The second-order valence-corrected chi connectivity index (χ2v) is 13.3. The highest BCUT2D eigenvalue weighted by molar-refractivity contribution is 5.88. The molecule has 1 aliphatic heterocycles. The van der Waals surface area contributed by atoms with Crippen LogP contribution in [-0.2, 0) is 25.5 Å². The number of benzene rings is 1. The van der Waals surface area contributed by atoms with Gasteiger partial charge in [0.05, 0.1) is 31.4 Å². The lowest BCUT2D eigenvalue weighted by molar-refractivity contribution is -0.0699. The molecule has 3 aromatic rings. The highest BCUT2D eigenvalue weighted by atomic mass is 16.7. The van der Waals surface area contributed by atoms with Crippen molar-refractivity contribution in [3.8, 4) is 0 Å². The minimum atomic E-state index is -0.715. The van der Waals surface area contributed by atoms with Gasteiger partial charge in [0.1, 0.15) is 29.6 Å². The van der Waals surface area contributed by atoms with Gasteiger partial charge in [-0.1, -0.05) is 44.2 Å². The van der Waals surface area contributed by atoms with Crippen molar-refractivity contribution in [3.05, 3.63) is 53.7 Å². The molecule has 0 unspecified atom stereocenters. The molecule has 44 heavy (non-hydrogen) atoms. The van der Waals surface area contributed by atoms with Gasteiger partial charge in [-0.3, -0.25) is 4.90 Å². The Hall–Kier alpha value is -3.90. The van der Waals surface area contributed by atoms with E-state index < -0.39 is 29.5 Å². The van der Waals surface area contributed by atoms with Crippen molar-refractivity contribution in [1.82, 2.24) is 19.5 Å². The van der Waals surface area contributed by atoms with Crippen LogP contribution in [0.1, 0.15) is 72.4 Å². The quantitative estimate of drug-likeness (QED) is 0.299. The summed E-state index contributed by atoms with van der Waals surface area (Å²) in [4.78, 5) is 34.8. The van der Waals surface area contributed by atoms with Crippen LogP contribution in [-0.4, -0.2) is 82.0 Å². The highest BCUT2D eigenvalue weighted by Gasteiger charge is 2.39. The van der Waals surface area contributed by atoms with Crippen molar-refractivity contribution >= 4 is 29.5 Å². The maximum absolute atomic E-state index is 13.7. The monoisotopic (exact) mass is 610 g/mol. The topological polar surface area (TPSA) is 120 Å². The fourth-order valence-electron chi connectivity index (χ4n) is 4.86. The van der Waals surface area contributed by atoms with Crippen LogP contribution in [0, 0.1) is 0 Å². The van der Waals surface area contributed by atoms with E-state index in [1.807, 2.05) is 71.9 Å². The molecule has 0 saturated carbocycles. The van der Waals surface area contributed by atoms with Gasteiger partial charge in [0, 0.05) is 25.3 Å². The molecule has 1 aromatic carbocycles. The minimum Gasteiger partial charge on any atom is -0.444 e. The number of hydrogen-bond acceptors (Lipinski definition) is 9. The van der Waals surface area contributed by atoms with Crippen molar-refractivity contribution < 1.29 is 28.5 Å². The first-order valence-electron chi connectivity index (χ1n) is 14.9. The summed E-state index contributed by atoms with van der Waals surface area (Å²) in [5.41, 5.74) is 1.11. The Kier molecular flexibility index (Phi) is 10.0. The number of nitrogens with zero attached hydrogens (tertiary/aromatic N) is 5. The number of ether oxygens (including phenoxy) is 4. The molecule has 1 aliphatic rings. The first-order chi connectivity index (χ1) is 20.6. The van der Waals surface area contributed by atoms with E-state index in [1.54, 1.807) is 33.7 Å². The van der Waals surface area contributed by atoms with Gasteiger partial charge in [-0.2, -0.15) is 9.61 Å². The van der Waals surface area contributed by atoms with Gasteiger partial charge in [-0.05, 0) is 53.0 Å². The number of likely N-dealkylation sites (tertiary alicyclic amines) is 1. The third-order valence-electron chi connectivity index (χ3n) is 6.83. The van der Waals surface area contributed by atoms with Crippen LogP contribution in [0.3, 0.4) is 0 Å². The average Bonchev–Trinajstić information content (AvgIpc) is 3.53. The van der Waals surface area contributed by atoms with Gasteiger partial charge in [-0.15, -0.1) is 0 Å². The lowest BCUT2D eigenvalue weighted by atomic mass is 10.1. The zero-order valence-electron chi connectivity index (χ0n) is 27.3. The van der Waals surface area contributed by atoms with Gasteiger partial charge in [0.25, 0.3) is 0 Å². The lowest BCUT2D eigenvalue weighted by Gasteiger charge is -2.28. The molecule has 2 amide bonds. The molecule has 12 heteroatoms. The fourth-order valence-corrected chi connectivity index (χ4v) is 4.86. The Morgan fingerprint density at radius 1 is 1.05 bits per heavy atom. The molecule has 0 bridgehead atoms. The fraction of sp³-hybridized carbons (Fsp3) is 0.562. The summed E-state index contributed by atoms with van der Waals surface area (Å²) < 4.78 is 24.3. The van der Waals surface area contributed by atoms with Gasteiger partial charge in [0.2, 0.25) is 0 Å². The normalized spacial score (nSPS) is 17.3. The molecule has 1 saturated heterocycles. The molecule has 3 heterocycles.